The van der Waals surface area contributed by atoms with Crippen LogP contribution in [0.15, 0.2) is 0 Å². The number of halogens is 1. The van der Waals surface area contributed by atoms with E-state index in [0.717, 1.165) is 0 Å². The Balaban J connectivity index is 2.17. The fraction of sp³-hybridized carbons (Fsp3) is 0.833. The van der Waals surface area contributed by atoms with Crippen LogP contribution in [0.5, 0.6) is 0 Å². The first-order chi connectivity index (χ1) is 4.70. The van der Waals surface area contributed by atoms with Crippen LogP contribution in [0.3, 0.4) is 0 Å². The standard InChI is InChI=1S/C6H10BrNO2/c1-4(7)6(9)8-5-2-10-3-5/h4-5H,2-3H2,1H3,(H,8,9). The van der Waals surface area contributed by atoms with Crippen LogP contribution in [0, 0.1) is 0 Å². The zero-order chi connectivity index (χ0) is 7.56. The molecule has 0 bridgehead atoms. The van der Waals surface area contributed by atoms with Gasteiger partial charge >= 0.3 is 0 Å². The Morgan fingerprint density at radius 2 is 2.40 bits per heavy atom. The Labute approximate surface area is 68.3 Å². The summed E-state index contributed by atoms with van der Waals surface area (Å²) >= 11 is 3.17. The van der Waals surface area contributed by atoms with Crippen LogP contribution < -0.4 is 5.32 Å². The number of hydrogen-bond acceptors (Lipinski definition) is 2. The van der Waals surface area contributed by atoms with Crippen LogP contribution in [-0.4, -0.2) is 30.0 Å². The zero-order valence-corrected chi connectivity index (χ0v) is 7.35. The van der Waals surface area contributed by atoms with Gasteiger partial charge in [-0.1, -0.05) is 15.9 Å². The average Bonchev–Trinajstić information content (AvgIpc) is 1.77. The quantitative estimate of drug-likeness (QED) is 0.662. The van der Waals surface area contributed by atoms with Crippen LogP contribution >= 0.6 is 15.9 Å². The molecule has 1 atom stereocenters. The molecule has 58 valence electrons. The van der Waals surface area contributed by atoms with Gasteiger partial charge in [-0.25, -0.2) is 0 Å². The molecular formula is C6H10BrNO2. The van der Waals surface area contributed by atoms with E-state index in [0.29, 0.717) is 13.2 Å². The molecule has 1 aliphatic rings. The smallest absolute Gasteiger partial charge is 0.233 e. The third-order valence-electron chi connectivity index (χ3n) is 1.35. The van der Waals surface area contributed by atoms with E-state index >= 15 is 0 Å². The maximum Gasteiger partial charge on any atom is 0.233 e. The van der Waals surface area contributed by atoms with Gasteiger partial charge in [-0.05, 0) is 6.92 Å². The van der Waals surface area contributed by atoms with E-state index in [9.17, 15) is 4.79 Å². The van der Waals surface area contributed by atoms with Crippen molar-refractivity contribution in [1.29, 1.82) is 0 Å². The molecule has 0 radical (unpaired) electrons. The van der Waals surface area contributed by atoms with E-state index in [2.05, 4.69) is 21.2 Å². The van der Waals surface area contributed by atoms with Crippen LogP contribution in [0.1, 0.15) is 6.92 Å². The van der Waals surface area contributed by atoms with Crippen LogP contribution in [-0.2, 0) is 9.53 Å². The van der Waals surface area contributed by atoms with Crippen LogP contribution in [0.25, 0.3) is 0 Å². The molecule has 1 heterocycles. The second-order valence-corrected chi connectivity index (χ2v) is 3.73. The number of alkyl halides is 1. The average molecular weight is 208 g/mol. The number of carbonyl (C=O) groups excluding carboxylic acids is 1. The highest BCUT2D eigenvalue weighted by Gasteiger charge is 2.21. The number of amides is 1. The summed E-state index contributed by atoms with van der Waals surface area (Å²) in [5.41, 5.74) is 0. The molecule has 1 unspecified atom stereocenters. The van der Waals surface area contributed by atoms with Gasteiger partial charge in [0, 0.05) is 0 Å². The maximum atomic E-state index is 10.9. The third kappa shape index (κ3) is 1.95. The van der Waals surface area contributed by atoms with Gasteiger partial charge < -0.3 is 10.1 Å². The molecule has 0 aromatic rings. The molecule has 10 heavy (non-hydrogen) atoms. The fourth-order valence-corrected chi connectivity index (χ4v) is 0.767. The lowest BCUT2D eigenvalue weighted by molar-refractivity contribution is -0.124. The van der Waals surface area contributed by atoms with Crippen molar-refractivity contribution in [3.05, 3.63) is 0 Å². The lowest BCUT2D eigenvalue weighted by Gasteiger charge is -2.27. The molecule has 1 N–H and O–H groups in total. The SMILES string of the molecule is CC(Br)C(=O)NC1COC1. The first kappa shape index (κ1) is 8.01. The fourth-order valence-electron chi connectivity index (χ4n) is 0.635. The summed E-state index contributed by atoms with van der Waals surface area (Å²) in [5, 5.41) is 2.80. The lowest BCUT2D eigenvalue weighted by Crippen LogP contribution is -2.50. The van der Waals surface area contributed by atoms with Gasteiger partial charge in [-0.2, -0.15) is 0 Å². The molecule has 0 aromatic carbocycles. The van der Waals surface area contributed by atoms with Crippen molar-refractivity contribution >= 4 is 21.8 Å². The van der Waals surface area contributed by atoms with Crippen LogP contribution in [0.4, 0.5) is 0 Å². The summed E-state index contributed by atoms with van der Waals surface area (Å²) in [6, 6.07) is 0.243. The first-order valence-electron chi connectivity index (χ1n) is 3.22. The maximum absolute atomic E-state index is 10.9. The normalized spacial score (nSPS) is 21.4. The van der Waals surface area contributed by atoms with Crippen LogP contribution in [0.2, 0.25) is 0 Å². The zero-order valence-electron chi connectivity index (χ0n) is 5.76. The number of hydrogen-bond donors (Lipinski definition) is 1. The second-order valence-electron chi connectivity index (χ2n) is 2.36. The number of rotatable bonds is 2. The Kier molecular flexibility index (Phi) is 2.68. The predicted molar refractivity (Wildman–Crippen MR) is 41.1 cm³/mol. The molecule has 1 saturated heterocycles. The highest BCUT2D eigenvalue weighted by molar-refractivity contribution is 9.10. The minimum atomic E-state index is -0.104. The summed E-state index contributed by atoms with van der Waals surface area (Å²) in [7, 11) is 0. The minimum Gasteiger partial charge on any atom is -0.377 e. The van der Waals surface area contributed by atoms with E-state index in [1.807, 2.05) is 0 Å². The van der Waals surface area contributed by atoms with Crippen molar-refractivity contribution in [2.24, 2.45) is 0 Å². The molecule has 1 aliphatic heterocycles. The summed E-state index contributed by atoms with van der Waals surface area (Å²) in [6.07, 6.45) is 0. The Hall–Kier alpha value is -0.0900. The topological polar surface area (TPSA) is 38.3 Å². The molecule has 0 spiro atoms. The number of ether oxygens (including phenoxy) is 1. The van der Waals surface area contributed by atoms with Crippen molar-refractivity contribution in [2.45, 2.75) is 17.8 Å². The van der Waals surface area contributed by atoms with Gasteiger partial charge in [0.05, 0.1) is 24.1 Å². The van der Waals surface area contributed by atoms with Gasteiger partial charge in [0.25, 0.3) is 0 Å². The minimum absolute atomic E-state index is 0.0355. The van der Waals surface area contributed by atoms with Gasteiger partial charge in [0.15, 0.2) is 0 Å². The molecule has 0 aromatic heterocycles. The molecule has 1 rings (SSSR count). The first-order valence-corrected chi connectivity index (χ1v) is 4.14. The van der Waals surface area contributed by atoms with Crippen molar-refractivity contribution in [3.8, 4) is 0 Å². The molecule has 3 nitrogen and oxygen atoms in total. The second kappa shape index (κ2) is 3.34. The third-order valence-corrected chi connectivity index (χ3v) is 1.76. The van der Waals surface area contributed by atoms with E-state index in [1.165, 1.54) is 0 Å². The van der Waals surface area contributed by atoms with Gasteiger partial charge in [-0.15, -0.1) is 0 Å². The van der Waals surface area contributed by atoms with Crippen molar-refractivity contribution in [3.63, 3.8) is 0 Å². The highest BCUT2D eigenvalue weighted by atomic mass is 79.9. The Morgan fingerprint density at radius 1 is 1.80 bits per heavy atom. The van der Waals surface area contributed by atoms with Crippen molar-refractivity contribution < 1.29 is 9.53 Å². The summed E-state index contributed by atoms with van der Waals surface area (Å²) in [4.78, 5) is 10.8. The van der Waals surface area contributed by atoms with Gasteiger partial charge in [0.2, 0.25) is 5.91 Å². The van der Waals surface area contributed by atoms with Crippen molar-refractivity contribution in [1.82, 2.24) is 5.32 Å². The molecule has 0 aliphatic carbocycles. The Morgan fingerprint density at radius 3 is 2.70 bits per heavy atom. The molecule has 1 fully saturated rings. The largest absolute Gasteiger partial charge is 0.377 e. The van der Waals surface area contributed by atoms with Crippen molar-refractivity contribution in [2.75, 3.05) is 13.2 Å². The number of carbonyl (C=O) groups is 1. The number of nitrogens with one attached hydrogen (secondary N) is 1. The van der Waals surface area contributed by atoms with Gasteiger partial charge in [-0.3, -0.25) is 4.79 Å². The summed E-state index contributed by atoms with van der Waals surface area (Å²) in [6.45, 7) is 3.12. The predicted octanol–water partition coefficient (Wildman–Crippen LogP) is 0.285. The van der Waals surface area contributed by atoms with E-state index < -0.39 is 0 Å². The highest BCUT2D eigenvalue weighted by Crippen LogP contribution is 2.02. The van der Waals surface area contributed by atoms with Gasteiger partial charge in [0.1, 0.15) is 0 Å². The summed E-state index contributed by atoms with van der Waals surface area (Å²) in [5.74, 6) is 0.0355. The lowest BCUT2D eigenvalue weighted by atomic mass is 10.2. The molecule has 1 amide bonds. The van der Waals surface area contributed by atoms with E-state index in [-0.39, 0.29) is 16.8 Å². The molecular weight excluding hydrogens is 198 g/mol. The molecule has 4 heteroatoms. The summed E-state index contributed by atoms with van der Waals surface area (Å²) < 4.78 is 4.89. The van der Waals surface area contributed by atoms with E-state index in [1.54, 1.807) is 6.92 Å². The Bertz CT molecular complexity index is 134. The molecule has 0 saturated carbocycles. The van der Waals surface area contributed by atoms with E-state index in [4.69, 9.17) is 4.74 Å². The monoisotopic (exact) mass is 207 g/mol.